The van der Waals surface area contributed by atoms with Crippen LogP contribution in [0.3, 0.4) is 0 Å². The quantitative estimate of drug-likeness (QED) is 0.384. The first-order valence-electron chi connectivity index (χ1n) is 7.63. The molecule has 0 bridgehead atoms. The van der Waals surface area contributed by atoms with E-state index in [1.165, 1.54) is 63.2 Å². The average Bonchev–Trinajstić information content (AvgIpc) is 2.35. The summed E-state index contributed by atoms with van der Waals surface area (Å²) in [5.74, 6) is 0.257. The molecule has 0 aliphatic carbocycles. The second kappa shape index (κ2) is 13.1. The van der Waals surface area contributed by atoms with Crippen LogP contribution in [-0.2, 0) is 10.3 Å². The molecule has 18 heavy (non-hydrogen) atoms. The fourth-order valence-electron chi connectivity index (χ4n) is 2.24. The van der Waals surface area contributed by atoms with Gasteiger partial charge in [-0.2, -0.15) is 8.42 Å². The fraction of sp³-hybridized carbons (Fsp3) is 0.933. The molecule has 3 heteroatoms. The van der Waals surface area contributed by atoms with Gasteiger partial charge in [-0.25, -0.2) is 0 Å². The van der Waals surface area contributed by atoms with E-state index in [1.807, 2.05) is 0 Å². The van der Waals surface area contributed by atoms with Crippen LogP contribution >= 0.6 is 0 Å². The smallest absolute Gasteiger partial charge is 0.185 e. The van der Waals surface area contributed by atoms with Crippen LogP contribution in [0.4, 0.5) is 0 Å². The number of rotatable bonds is 12. The molecule has 0 fully saturated rings. The minimum absolute atomic E-state index is 0.257. The number of unbranched alkanes of at least 4 members (excludes halogenated alkanes) is 8. The highest BCUT2D eigenvalue weighted by atomic mass is 32.2. The van der Waals surface area contributed by atoms with Crippen LogP contribution in [0.2, 0.25) is 0 Å². The first-order chi connectivity index (χ1) is 8.70. The van der Waals surface area contributed by atoms with E-state index in [0.29, 0.717) is 0 Å². The van der Waals surface area contributed by atoms with Gasteiger partial charge in [0.25, 0.3) is 0 Å². The zero-order chi connectivity index (χ0) is 13.6. The molecule has 0 aromatic heterocycles. The number of hydrogen-bond donors (Lipinski definition) is 0. The van der Waals surface area contributed by atoms with Crippen molar-refractivity contribution in [1.82, 2.24) is 0 Å². The average molecular weight is 274 g/mol. The van der Waals surface area contributed by atoms with Crippen molar-refractivity contribution in [2.75, 3.05) is 0 Å². The first-order valence-corrected chi connectivity index (χ1v) is 8.77. The SMILES string of the molecule is CCCCCCCCCCCC(C=S(=O)=O)CC. The van der Waals surface area contributed by atoms with Crippen LogP contribution in [0, 0.1) is 5.92 Å². The Morgan fingerprint density at radius 1 is 0.833 bits per heavy atom. The molecule has 0 heterocycles. The summed E-state index contributed by atoms with van der Waals surface area (Å²) in [5, 5.41) is 1.46. The third-order valence-corrected chi connectivity index (χ3v) is 4.11. The Morgan fingerprint density at radius 3 is 1.78 bits per heavy atom. The monoisotopic (exact) mass is 274 g/mol. The summed E-state index contributed by atoms with van der Waals surface area (Å²) in [6, 6.07) is 0. The molecule has 108 valence electrons. The molecule has 0 saturated heterocycles. The summed E-state index contributed by atoms with van der Waals surface area (Å²) in [6.07, 6.45) is 13.9. The van der Waals surface area contributed by atoms with E-state index >= 15 is 0 Å². The molecule has 2 nitrogen and oxygen atoms in total. The maximum Gasteiger partial charge on any atom is 0.210 e. The Hall–Kier alpha value is -0.310. The standard InChI is InChI=1S/C15H30O2S/c1-3-5-6-7-8-9-10-11-12-13-15(4-2)14-18(16)17/h14-15H,3-13H2,1-2H3. The maximum absolute atomic E-state index is 10.6. The van der Waals surface area contributed by atoms with Crippen molar-refractivity contribution in [3.05, 3.63) is 0 Å². The van der Waals surface area contributed by atoms with E-state index in [4.69, 9.17) is 0 Å². The van der Waals surface area contributed by atoms with Gasteiger partial charge in [0.2, 0.25) is 10.3 Å². The Balaban J connectivity index is 3.36. The fourth-order valence-corrected chi connectivity index (χ4v) is 2.89. The molecule has 0 saturated carbocycles. The molecule has 0 spiro atoms. The molecule has 0 radical (unpaired) electrons. The van der Waals surface area contributed by atoms with Gasteiger partial charge in [0.05, 0.1) is 0 Å². The minimum Gasteiger partial charge on any atom is -0.185 e. The van der Waals surface area contributed by atoms with Crippen LogP contribution in [0.1, 0.15) is 84.5 Å². The van der Waals surface area contributed by atoms with Gasteiger partial charge in [0.1, 0.15) is 0 Å². The van der Waals surface area contributed by atoms with Crippen LogP contribution in [0.25, 0.3) is 0 Å². The second-order valence-corrected chi connectivity index (χ2v) is 5.98. The van der Waals surface area contributed by atoms with Gasteiger partial charge in [-0.1, -0.05) is 71.6 Å². The van der Waals surface area contributed by atoms with Gasteiger partial charge >= 0.3 is 0 Å². The van der Waals surface area contributed by atoms with Crippen LogP contribution in [0.5, 0.6) is 0 Å². The summed E-state index contributed by atoms with van der Waals surface area (Å²) >= 11 is 0. The predicted octanol–water partition coefficient (Wildman–Crippen LogP) is 4.61. The number of hydrogen-bond acceptors (Lipinski definition) is 2. The summed E-state index contributed by atoms with van der Waals surface area (Å²) in [5.41, 5.74) is 0. The van der Waals surface area contributed by atoms with Gasteiger partial charge in [-0.15, -0.1) is 0 Å². The lowest BCUT2D eigenvalue weighted by atomic mass is 9.99. The molecule has 1 atom stereocenters. The zero-order valence-corrected chi connectivity index (χ0v) is 13.0. The van der Waals surface area contributed by atoms with Crippen molar-refractivity contribution in [3.8, 4) is 0 Å². The highest BCUT2D eigenvalue weighted by Gasteiger charge is 2.02. The topological polar surface area (TPSA) is 34.1 Å². The maximum atomic E-state index is 10.6. The Kier molecular flexibility index (Phi) is 12.9. The molecule has 0 aliphatic rings. The Labute approximate surface area is 115 Å². The van der Waals surface area contributed by atoms with Gasteiger partial charge in [-0.05, 0) is 18.8 Å². The third kappa shape index (κ3) is 12.2. The molecule has 1 unspecified atom stereocenters. The molecule has 0 aromatic carbocycles. The lowest BCUT2D eigenvalue weighted by Crippen LogP contribution is -2.00. The highest BCUT2D eigenvalue weighted by Crippen LogP contribution is 2.14. The van der Waals surface area contributed by atoms with Crippen molar-refractivity contribution in [2.24, 2.45) is 5.92 Å². The lowest BCUT2D eigenvalue weighted by molar-refractivity contribution is 0.523. The summed E-state index contributed by atoms with van der Waals surface area (Å²) in [7, 11) is -1.98. The van der Waals surface area contributed by atoms with Crippen molar-refractivity contribution < 1.29 is 8.42 Å². The normalized spacial score (nSPS) is 12.3. The molecule has 0 rings (SSSR count). The van der Waals surface area contributed by atoms with Crippen molar-refractivity contribution in [3.63, 3.8) is 0 Å². The minimum atomic E-state index is -1.98. The first kappa shape index (κ1) is 17.7. The zero-order valence-electron chi connectivity index (χ0n) is 12.2. The van der Waals surface area contributed by atoms with E-state index in [0.717, 1.165) is 12.8 Å². The molecule has 0 amide bonds. The van der Waals surface area contributed by atoms with E-state index in [-0.39, 0.29) is 5.92 Å². The van der Waals surface area contributed by atoms with Crippen molar-refractivity contribution >= 4 is 15.7 Å². The second-order valence-electron chi connectivity index (χ2n) is 5.18. The molecule has 0 N–H and O–H groups in total. The highest BCUT2D eigenvalue weighted by molar-refractivity contribution is 7.71. The van der Waals surface area contributed by atoms with Gasteiger partial charge in [0, 0.05) is 5.37 Å². The van der Waals surface area contributed by atoms with Crippen LogP contribution in [-0.4, -0.2) is 13.8 Å². The van der Waals surface area contributed by atoms with E-state index in [9.17, 15) is 8.42 Å². The largest absolute Gasteiger partial charge is 0.210 e. The van der Waals surface area contributed by atoms with E-state index in [1.54, 1.807) is 0 Å². The molecule has 0 aromatic rings. The summed E-state index contributed by atoms with van der Waals surface area (Å²) in [4.78, 5) is 0. The Bertz CT molecular complexity index is 286. The van der Waals surface area contributed by atoms with Gasteiger partial charge < -0.3 is 0 Å². The molecule has 0 aliphatic heterocycles. The van der Waals surface area contributed by atoms with E-state index in [2.05, 4.69) is 13.8 Å². The third-order valence-electron chi connectivity index (χ3n) is 3.51. The van der Waals surface area contributed by atoms with Gasteiger partial charge in [0.15, 0.2) is 0 Å². The van der Waals surface area contributed by atoms with Crippen molar-refractivity contribution in [1.29, 1.82) is 0 Å². The molecular weight excluding hydrogens is 244 g/mol. The van der Waals surface area contributed by atoms with Crippen LogP contribution in [0.15, 0.2) is 0 Å². The van der Waals surface area contributed by atoms with Gasteiger partial charge in [-0.3, -0.25) is 0 Å². The summed E-state index contributed by atoms with van der Waals surface area (Å²) in [6.45, 7) is 4.30. The lowest BCUT2D eigenvalue weighted by Gasteiger charge is -2.07. The van der Waals surface area contributed by atoms with Crippen LogP contribution < -0.4 is 0 Å². The van der Waals surface area contributed by atoms with Crippen molar-refractivity contribution in [2.45, 2.75) is 84.5 Å². The van der Waals surface area contributed by atoms with E-state index < -0.39 is 10.3 Å². The summed E-state index contributed by atoms with van der Waals surface area (Å²) < 4.78 is 21.1. The predicted molar refractivity (Wildman–Crippen MR) is 80.6 cm³/mol. The molecular formula is C15H30O2S. The Morgan fingerprint density at radius 2 is 1.33 bits per heavy atom.